The summed E-state index contributed by atoms with van der Waals surface area (Å²) >= 11 is 0. The lowest BCUT2D eigenvalue weighted by molar-refractivity contribution is -0.117. The molecule has 0 fully saturated rings. The zero-order valence-corrected chi connectivity index (χ0v) is 8.68. The first-order valence-corrected chi connectivity index (χ1v) is 4.98. The van der Waals surface area contributed by atoms with Gasteiger partial charge in [-0.1, -0.05) is 0 Å². The van der Waals surface area contributed by atoms with E-state index in [0.29, 0.717) is 12.8 Å². The van der Waals surface area contributed by atoms with E-state index in [2.05, 4.69) is 15.2 Å². The van der Waals surface area contributed by atoms with Gasteiger partial charge in [-0.05, 0) is 24.1 Å². The first kappa shape index (κ1) is 10.4. The van der Waals surface area contributed by atoms with Crippen LogP contribution >= 0.6 is 0 Å². The number of hydrogen-bond donors (Lipinski definition) is 2. The molecular weight excluding hydrogens is 204 g/mol. The third-order valence-corrected chi connectivity index (χ3v) is 2.31. The lowest BCUT2D eigenvalue weighted by Gasteiger charge is -2.01. The zero-order chi connectivity index (χ0) is 11.4. The summed E-state index contributed by atoms with van der Waals surface area (Å²) in [5, 5.41) is 6.88. The Kier molecular flexibility index (Phi) is 2.95. The summed E-state index contributed by atoms with van der Waals surface area (Å²) in [6.07, 6.45) is 6.10. The second-order valence-corrected chi connectivity index (χ2v) is 3.48. The van der Waals surface area contributed by atoms with Crippen molar-refractivity contribution < 1.29 is 4.79 Å². The van der Waals surface area contributed by atoms with Gasteiger partial charge in [0.1, 0.15) is 0 Å². The van der Waals surface area contributed by atoms with Gasteiger partial charge in [0.25, 0.3) is 0 Å². The number of amides is 1. The second-order valence-electron chi connectivity index (χ2n) is 3.48. The van der Waals surface area contributed by atoms with E-state index in [1.54, 1.807) is 18.6 Å². The number of hydrogen-bond acceptors (Lipinski definition) is 3. The molecule has 0 saturated heterocycles. The van der Waals surface area contributed by atoms with Crippen LogP contribution in [0.15, 0.2) is 30.7 Å². The van der Waals surface area contributed by atoms with Gasteiger partial charge in [0.15, 0.2) is 0 Å². The highest BCUT2D eigenvalue weighted by Gasteiger charge is 2.08. The molecule has 0 atom stereocenters. The monoisotopic (exact) mass is 216 g/mol. The molecule has 1 amide bonds. The van der Waals surface area contributed by atoms with Gasteiger partial charge in [-0.3, -0.25) is 14.9 Å². The van der Waals surface area contributed by atoms with Crippen molar-refractivity contribution in [3.63, 3.8) is 0 Å². The van der Waals surface area contributed by atoms with E-state index >= 15 is 0 Å². The molecule has 2 aromatic heterocycles. The van der Waals surface area contributed by atoms with Crippen LogP contribution in [-0.2, 0) is 11.2 Å². The van der Waals surface area contributed by atoms with Crippen molar-refractivity contribution in [2.75, 3.05) is 0 Å². The molecule has 0 aromatic carbocycles. The van der Waals surface area contributed by atoms with Crippen LogP contribution in [0.4, 0.5) is 0 Å². The minimum absolute atomic E-state index is 0.307. The van der Waals surface area contributed by atoms with E-state index in [1.807, 2.05) is 12.1 Å². The Balaban J connectivity index is 2.23. The molecule has 0 aliphatic carbocycles. The Morgan fingerprint density at radius 2 is 2.31 bits per heavy atom. The molecule has 0 aliphatic rings. The molecule has 0 bridgehead atoms. The summed E-state index contributed by atoms with van der Waals surface area (Å²) in [5.41, 5.74) is 7.95. The van der Waals surface area contributed by atoms with Gasteiger partial charge < -0.3 is 5.73 Å². The largest absolute Gasteiger partial charge is 0.370 e. The van der Waals surface area contributed by atoms with Gasteiger partial charge in [-0.2, -0.15) is 5.10 Å². The van der Waals surface area contributed by atoms with Crippen molar-refractivity contribution in [3.8, 4) is 11.3 Å². The van der Waals surface area contributed by atoms with Crippen LogP contribution in [-0.4, -0.2) is 21.1 Å². The number of pyridine rings is 1. The summed E-state index contributed by atoms with van der Waals surface area (Å²) < 4.78 is 0. The number of aromatic amines is 1. The second kappa shape index (κ2) is 4.57. The van der Waals surface area contributed by atoms with E-state index in [9.17, 15) is 4.79 Å². The fourth-order valence-corrected chi connectivity index (χ4v) is 1.52. The maximum absolute atomic E-state index is 10.7. The SMILES string of the molecule is NC(=O)CCc1cn[nH]c1-c1cccnc1. The van der Waals surface area contributed by atoms with Crippen LogP contribution in [0.3, 0.4) is 0 Å². The van der Waals surface area contributed by atoms with Crippen LogP contribution in [0.5, 0.6) is 0 Å². The average Bonchev–Trinajstić information content (AvgIpc) is 2.75. The van der Waals surface area contributed by atoms with E-state index in [1.165, 1.54) is 0 Å². The number of aromatic nitrogens is 3. The maximum Gasteiger partial charge on any atom is 0.217 e. The van der Waals surface area contributed by atoms with Gasteiger partial charge in [-0.15, -0.1) is 0 Å². The number of primary amides is 1. The Bertz CT molecular complexity index is 478. The molecule has 82 valence electrons. The Morgan fingerprint density at radius 1 is 1.44 bits per heavy atom. The topological polar surface area (TPSA) is 84.7 Å². The van der Waals surface area contributed by atoms with Crippen LogP contribution in [0.1, 0.15) is 12.0 Å². The van der Waals surface area contributed by atoms with Crippen molar-refractivity contribution in [1.82, 2.24) is 15.2 Å². The molecule has 3 N–H and O–H groups in total. The average molecular weight is 216 g/mol. The molecule has 0 aliphatic heterocycles. The van der Waals surface area contributed by atoms with Crippen molar-refractivity contribution in [2.45, 2.75) is 12.8 Å². The number of carbonyl (C=O) groups is 1. The molecule has 2 aromatic rings. The number of aryl methyl sites for hydroxylation is 1. The number of carbonyl (C=O) groups excluding carboxylic acids is 1. The van der Waals surface area contributed by atoms with Crippen molar-refractivity contribution in [3.05, 3.63) is 36.3 Å². The van der Waals surface area contributed by atoms with Crippen molar-refractivity contribution in [2.24, 2.45) is 5.73 Å². The number of rotatable bonds is 4. The molecule has 5 heteroatoms. The molecule has 5 nitrogen and oxygen atoms in total. The van der Waals surface area contributed by atoms with Gasteiger partial charge in [0.2, 0.25) is 5.91 Å². The fourth-order valence-electron chi connectivity index (χ4n) is 1.52. The lowest BCUT2D eigenvalue weighted by Crippen LogP contribution is -2.11. The highest BCUT2D eigenvalue weighted by Crippen LogP contribution is 2.20. The van der Waals surface area contributed by atoms with Crippen LogP contribution < -0.4 is 5.73 Å². The van der Waals surface area contributed by atoms with Gasteiger partial charge in [-0.25, -0.2) is 0 Å². The van der Waals surface area contributed by atoms with Crippen LogP contribution in [0.25, 0.3) is 11.3 Å². The van der Waals surface area contributed by atoms with Gasteiger partial charge in [0.05, 0.1) is 11.9 Å². The summed E-state index contributed by atoms with van der Waals surface area (Å²) in [7, 11) is 0. The first-order chi connectivity index (χ1) is 7.77. The number of nitrogens with zero attached hydrogens (tertiary/aromatic N) is 2. The zero-order valence-electron chi connectivity index (χ0n) is 8.68. The molecule has 0 radical (unpaired) electrons. The summed E-state index contributed by atoms with van der Waals surface area (Å²) in [6, 6.07) is 3.79. The van der Waals surface area contributed by atoms with E-state index < -0.39 is 0 Å². The molecule has 0 unspecified atom stereocenters. The Labute approximate surface area is 92.7 Å². The minimum Gasteiger partial charge on any atom is -0.370 e. The summed E-state index contributed by atoms with van der Waals surface area (Å²) in [6.45, 7) is 0. The number of nitrogens with two attached hydrogens (primary N) is 1. The van der Waals surface area contributed by atoms with Gasteiger partial charge in [0, 0.05) is 24.4 Å². The van der Waals surface area contributed by atoms with E-state index in [-0.39, 0.29) is 5.91 Å². The molecule has 2 rings (SSSR count). The maximum atomic E-state index is 10.7. The molecule has 2 heterocycles. The molecule has 0 saturated carbocycles. The van der Waals surface area contributed by atoms with Crippen LogP contribution in [0, 0.1) is 0 Å². The summed E-state index contributed by atoms with van der Waals surface area (Å²) in [5.74, 6) is -0.307. The Morgan fingerprint density at radius 3 is 3.00 bits per heavy atom. The normalized spacial score (nSPS) is 10.2. The number of H-pyrrole nitrogens is 1. The van der Waals surface area contributed by atoms with Crippen molar-refractivity contribution in [1.29, 1.82) is 0 Å². The summed E-state index contributed by atoms with van der Waals surface area (Å²) in [4.78, 5) is 14.8. The van der Waals surface area contributed by atoms with E-state index in [4.69, 9.17) is 5.73 Å². The first-order valence-electron chi connectivity index (χ1n) is 4.98. The van der Waals surface area contributed by atoms with Crippen molar-refractivity contribution >= 4 is 5.91 Å². The third kappa shape index (κ3) is 2.25. The smallest absolute Gasteiger partial charge is 0.217 e. The third-order valence-electron chi connectivity index (χ3n) is 2.31. The number of nitrogens with one attached hydrogen (secondary N) is 1. The van der Waals surface area contributed by atoms with Crippen LogP contribution in [0.2, 0.25) is 0 Å². The van der Waals surface area contributed by atoms with E-state index in [0.717, 1.165) is 16.8 Å². The highest BCUT2D eigenvalue weighted by molar-refractivity contribution is 5.74. The predicted octanol–water partition coefficient (Wildman–Crippen LogP) is 0.890. The predicted molar refractivity (Wildman–Crippen MR) is 59.3 cm³/mol. The minimum atomic E-state index is -0.307. The molecule has 16 heavy (non-hydrogen) atoms. The molecule has 0 spiro atoms. The molecular formula is C11H12N4O. The lowest BCUT2D eigenvalue weighted by atomic mass is 10.1. The van der Waals surface area contributed by atoms with Gasteiger partial charge >= 0.3 is 0 Å². The quantitative estimate of drug-likeness (QED) is 0.795. The Hall–Kier alpha value is -2.17. The highest BCUT2D eigenvalue weighted by atomic mass is 16.1. The standard InChI is InChI=1S/C11H12N4O/c12-10(16)4-3-9-7-14-15-11(9)8-2-1-5-13-6-8/h1-2,5-7H,3-4H2,(H2,12,16)(H,14,15). The fraction of sp³-hybridized carbons (Fsp3) is 0.182.